The Labute approximate surface area is 76.4 Å². The van der Waals surface area contributed by atoms with Gasteiger partial charge in [0.15, 0.2) is 0 Å². The minimum absolute atomic E-state index is 0.148. The molecule has 5 nitrogen and oxygen atoms in total. The number of nitrogens with zero attached hydrogens (tertiary/aromatic N) is 5. The SMILES string of the molecule is N#Cc1nnnn1C(Cl)(Cl)Cl. The Morgan fingerprint density at radius 1 is 1.45 bits per heavy atom. The summed E-state index contributed by atoms with van der Waals surface area (Å²) in [6.45, 7) is 0. The highest BCUT2D eigenvalue weighted by atomic mass is 35.6. The minimum atomic E-state index is -1.81. The molecule has 0 aromatic carbocycles. The predicted octanol–water partition coefficient (Wildman–Crippen LogP) is 0.829. The molecule has 0 atom stereocenters. The molecular weight excluding hydrogens is 212 g/mol. The van der Waals surface area contributed by atoms with E-state index in [1.54, 1.807) is 6.07 Å². The van der Waals surface area contributed by atoms with Crippen molar-refractivity contribution in [2.45, 2.75) is 3.92 Å². The lowest BCUT2D eigenvalue weighted by Gasteiger charge is -2.08. The van der Waals surface area contributed by atoms with Gasteiger partial charge in [-0.1, -0.05) is 39.9 Å². The normalized spacial score (nSPS) is 11.1. The molecule has 0 fully saturated rings. The summed E-state index contributed by atoms with van der Waals surface area (Å²) < 4.78 is -1.02. The summed E-state index contributed by atoms with van der Waals surface area (Å²) in [5.41, 5.74) is 0. The number of rotatable bonds is 0. The first-order valence-electron chi connectivity index (χ1n) is 2.31. The summed E-state index contributed by atoms with van der Waals surface area (Å²) in [5, 5.41) is 18.1. The molecule has 8 heteroatoms. The van der Waals surface area contributed by atoms with Crippen LogP contribution in [0.1, 0.15) is 5.82 Å². The van der Waals surface area contributed by atoms with Crippen molar-refractivity contribution >= 4 is 34.8 Å². The Kier molecular flexibility index (Phi) is 2.18. The molecule has 1 rings (SSSR count). The van der Waals surface area contributed by atoms with E-state index in [0.717, 1.165) is 4.68 Å². The van der Waals surface area contributed by atoms with E-state index in [2.05, 4.69) is 15.5 Å². The highest BCUT2D eigenvalue weighted by Gasteiger charge is 2.27. The summed E-state index contributed by atoms with van der Waals surface area (Å²) in [5.74, 6) is -0.148. The molecule has 0 aliphatic rings. The molecule has 58 valence electrons. The zero-order valence-electron chi connectivity index (χ0n) is 4.87. The monoisotopic (exact) mass is 211 g/mol. The molecule has 0 radical (unpaired) electrons. The van der Waals surface area contributed by atoms with E-state index < -0.39 is 3.92 Å². The van der Waals surface area contributed by atoms with Crippen molar-refractivity contribution in [1.82, 2.24) is 20.2 Å². The quantitative estimate of drug-likeness (QED) is 0.597. The van der Waals surface area contributed by atoms with Crippen molar-refractivity contribution in [3.05, 3.63) is 5.82 Å². The molecule has 0 saturated heterocycles. The molecule has 1 aromatic rings. The van der Waals surface area contributed by atoms with Crippen molar-refractivity contribution < 1.29 is 0 Å². The Balaban J connectivity index is 3.15. The van der Waals surface area contributed by atoms with Crippen LogP contribution in [-0.4, -0.2) is 20.2 Å². The van der Waals surface area contributed by atoms with Crippen LogP contribution in [0.2, 0.25) is 0 Å². The van der Waals surface area contributed by atoms with Gasteiger partial charge in [-0.25, -0.2) is 0 Å². The largest absolute Gasteiger partial charge is 0.290 e. The van der Waals surface area contributed by atoms with Gasteiger partial charge in [-0.2, -0.15) is 9.94 Å². The molecule has 11 heavy (non-hydrogen) atoms. The molecule has 1 heterocycles. The summed E-state index contributed by atoms with van der Waals surface area (Å²) >= 11 is 16.2. The fourth-order valence-electron chi connectivity index (χ4n) is 0.428. The second kappa shape index (κ2) is 2.81. The molecule has 0 bridgehead atoms. The van der Waals surface area contributed by atoms with Crippen LogP contribution in [0.25, 0.3) is 0 Å². The molecule has 0 unspecified atom stereocenters. The predicted molar refractivity (Wildman–Crippen MR) is 38.1 cm³/mol. The lowest BCUT2D eigenvalue weighted by molar-refractivity contribution is 0.630. The van der Waals surface area contributed by atoms with Crippen molar-refractivity contribution in [3.8, 4) is 6.07 Å². The van der Waals surface area contributed by atoms with Gasteiger partial charge in [0.25, 0.3) is 9.74 Å². The van der Waals surface area contributed by atoms with E-state index in [-0.39, 0.29) is 5.82 Å². The summed E-state index contributed by atoms with van der Waals surface area (Å²) in [4.78, 5) is 0. The molecular formula is C3Cl3N5. The lowest BCUT2D eigenvalue weighted by atomic mass is 10.7. The second-order valence-corrected chi connectivity index (χ2v) is 3.72. The minimum Gasteiger partial charge on any atom is -0.189 e. The zero-order chi connectivity index (χ0) is 8.48. The maximum atomic E-state index is 8.38. The average Bonchev–Trinajstić information content (AvgIpc) is 2.31. The topological polar surface area (TPSA) is 67.4 Å². The van der Waals surface area contributed by atoms with Crippen LogP contribution in [0.5, 0.6) is 0 Å². The Morgan fingerprint density at radius 2 is 2.09 bits per heavy atom. The van der Waals surface area contributed by atoms with E-state index in [0.29, 0.717) is 0 Å². The number of hydrogen-bond acceptors (Lipinski definition) is 4. The van der Waals surface area contributed by atoms with Crippen LogP contribution < -0.4 is 0 Å². The molecule has 0 aliphatic carbocycles. The number of halogens is 3. The third-order valence-corrected chi connectivity index (χ3v) is 1.29. The van der Waals surface area contributed by atoms with Crippen LogP contribution in [0.15, 0.2) is 0 Å². The molecule has 0 N–H and O–H groups in total. The van der Waals surface area contributed by atoms with Crippen LogP contribution >= 0.6 is 34.8 Å². The van der Waals surface area contributed by atoms with Gasteiger partial charge >= 0.3 is 0 Å². The summed E-state index contributed by atoms with van der Waals surface area (Å²) in [6.07, 6.45) is 0. The number of hydrogen-bond donors (Lipinski definition) is 0. The highest BCUT2D eigenvalue weighted by molar-refractivity contribution is 6.64. The maximum Gasteiger partial charge on any atom is 0.290 e. The van der Waals surface area contributed by atoms with Gasteiger partial charge in [-0.05, 0) is 10.4 Å². The van der Waals surface area contributed by atoms with Crippen molar-refractivity contribution in [3.63, 3.8) is 0 Å². The standard InChI is InChI=1S/C3Cl3N5/c4-3(5,6)11-2(1-7)8-9-10-11. The summed E-state index contributed by atoms with van der Waals surface area (Å²) in [7, 11) is 0. The van der Waals surface area contributed by atoms with Gasteiger partial charge in [0, 0.05) is 0 Å². The van der Waals surface area contributed by atoms with Crippen LogP contribution in [0.4, 0.5) is 0 Å². The smallest absolute Gasteiger partial charge is 0.189 e. The first kappa shape index (κ1) is 8.53. The number of nitriles is 1. The first-order valence-corrected chi connectivity index (χ1v) is 3.45. The lowest BCUT2D eigenvalue weighted by Crippen LogP contribution is -2.16. The van der Waals surface area contributed by atoms with E-state index in [1.165, 1.54) is 0 Å². The van der Waals surface area contributed by atoms with E-state index in [9.17, 15) is 0 Å². The van der Waals surface area contributed by atoms with E-state index >= 15 is 0 Å². The molecule has 1 aromatic heterocycles. The van der Waals surface area contributed by atoms with Gasteiger partial charge < -0.3 is 0 Å². The first-order chi connectivity index (χ1) is 5.05. The van der Waals surface area contributed by atoms with E-state index in [1.807, 2.05) is 0 Å². The number of tetrazole rings is 1. The van der Waals surface area contributed by atoms with Crippen molar-refractivity contribution in [2.24, 2.45) is 0 Å². The zero-order valence-corrected chi connectivity index (χ0v) is 7.14. The van der Waals surface area contributed by atoms with Gasteiger partial charge in [-0.15, -0.1) is 0 Å². The molecule has 0 aliphatic heterocycles. The number of alkyl halides is 3. The summed E-state index contributed by atoms with van der Waals surface area (Å²) in [6, 6.07) is 1.66. The van der Waals surface area contributed by atoms with Gasteiger partial charge in [0.2, 0.25) is 0 Å². The number of aromatic nitrogens is 4. The fourth-order valence-corrected chi connectivity index (χ4v) is 0.769. The van der Waals surface area contributed by atoms with Crippen LogP contribution in [0.3, 0.4) is 0 Å². The van der Waals surface area contributed by atoms with Crippen molar-refractivity contribution in [2.75, 3.05) is 0 Å². The Hall–Kier alpha value is -0.570. The highest BCUT2D eigenvalue weighted by Crippen LogP contribution is 2.31. The maximum absolute atomic E-state index is 8.38. The fraction of sp³-hybridized carbons (Fsp3) is 0.333. The van der Waals surface area contributed by atoms with Gasteiger partial charge in [-0.3, -0.25) is 0 Å². The molecule has 0 saturated carbocycles. The van der Waals surface area contributed by atoms with Crippen LogP contribution in [-0.2, 0) is 3.92 Å². The van der Waals surface area contributed by atoms with E-state index in [4.69, 9.17) is 40.1 Å². The Bertz CT molecular complexity index is 293. The third kappa shape index (κ3) is 1.71. The third-order valence-electron chi connectivity index (χ3n) is 0.810. The van der Waals surface area contributed by atoms with Gasteiger partial charge in [0.1, 0.15) is 6.07 Å². The molecule has 0 spiro atoms. The second-order valence-electron chi connectivity index (χ2n) is 1.49. The van der Waals surface area contributed by atoms with Gasteiger partial charge in [0.05, 0.1) is 0 Å². The average molecular weight is 212 g/mol. The molecule has 0 amide bonds. The van der Waals surface area contributed by atoms with Crippen LogP contribution in [0, 0.1) is 11.3 Å². The van der Waals surface area contributed by atoms with Crippen molar-refractivity contribution in [1.29, 1.82) is 5.26 Å². The Morgan fingerprint density at radius 3 is 2.45 bits per heavy atom.